The molecular formula is C11H21NO2. The van der Waals surface area contributed by atoms with Crippen molar-refractivity contribution in [3.8, 4) is 0 Å². The Bertz CT molecular complexity index is 176. The second-order valence-corrected chi connectivity index (χ2v) is 3.92. The second-order valence-electron chi connectivity index (χ2n) is 3.92. The van der Waals surface area contributed by atoms with Crippen LogP contribution >= 0.6 is 0 Å². The fourth-order valence-corrected chi connectivity index (χ4v) is 2.04. The van der Waals surface area contributed by atoms with E-state index in [0.717, 1.165) is 32.4 Å². The molecule has 1 aliphatic rings. The zero-order valence-corrected chi connectivity index (χ0v) is 9.29. The number of likely N-dealkylation sites (tertiary alicyclic amines) is 1. The lowest BCUT2D eigenvalue weighted by Crippen LogP contribution is -2.39. The van der Waals surface area contributed by atoms with E-state index in [1.807, 2.05) is 0 Å². The van der Waals surface area contributed by atoms with Crippen molar-refractivity contribution < 1.29 is 9.53 Å². The van der Waals surface area contributed by atoms with E-state index in [-0.39, 0.29) is 12.0 Å². The van der Waals surface area contributed by atoms with Crippen molar-refractivity contribution in [1.29, 1.82) is 0 Å². The molecule has 82 valence electrons. The van der Waals surface area contributed by atoms with Gasteiger partial charge in [0.25, 0.3) is 0 Å². The molecule has 0 N–H and O–H groups in total. The Morgan fingerprint density at radius 2 is 2.07 bits per heavy atom. The normalized spacial score (nSPS) is 19.6. The summed E-state index contributed by atoms with van der Waals surface area (Å²) in [6.45, 7) is 4.27. The Morgan fingerprint density at radius 3 is 2.57 bits per heavy atom. The number of hydrogen-bond donors (Lipinski definition) is 0. The highest BCUT2D eigenvalue weighted by Gasteiger charge is 2.27. The maximum atomic E-state index is 11.5. The van der Waals surface area contributed by atoms with Crippen LogP contribution < -0.4 is 0 Å². The van der Waals surface area contributed by atoms with Crippen LogP contribution in [-0.4, -0.2) is 37.1 Å². The maximum Gasteiger partial charge on any atom is 0.323 e. The molecule has 1 aliphatic heterocycles. The van der Waals surface area contributed by atoms with Gasteiger partial charge in [-0.25, -0.2) is 0 Å². The molecule has 0 radical (unpaired) electrons. The Kier molecular flexibility index (Phi) is 4.94. The van der Waals surface area contributed by atoms with Crippen molar-refractivity contribution >= 4 is 5.97 Å². The van der Waals surface area contributed by atoms with Gasteiger partial charge in [0.1, 0.15) is 6.04 Å². The zero-order chi connectivity index (χ0) is 10.4. The average Bonchev–Trinajstić information content (AvgIpc) is 2.71. The van der Waals surface area contributed by atoms with Crippen molar-refractivity contribution in [3.63, 3.8) is 0 Å². The van der Waals surface area contributed by atoms with E-state index in [2.05, 4.69) is 11.8 Å². The smallest absolute Gasteiger partial charge is 0.323 e. The highest BCUT2D eigenvalue weighted by molar-refractivity contribution is 5.75. The molecule has 1 rings (SSSR count). The molecule has 0 aliphatic carbocycles. The van der Waals surface area contributed by atoms with Gasteiger partial charge in [-0.1, -0.05) is 19.8 Å². The van der Waals surface area contributed by atoms with Crippen molar-refractivity contribution in [1.82, 2.24) is 4.90 Å². The molecular weight excluding hydrogens is 178 g/mol. The van der Waals surface area contributed by atoms with Gasteiger partial charge in [-0.2, -0.15) is 0 Å². The minimum Gasteiger partial charge on any atom is -0.468 e. The minimum atomic E-state index is -0.0552. The van der Waals surface area contributed by atoms with E-state index >= 15 is 0 Å². The molecule has 1 atom stereocenters. The molecule has 3 heteroatoms. The Balaban J connectivity index is 2.46. The van der Waals surface area contributed by atoms with E-state index in [1.54, 1.807) is 0 Å². The molecule has 1 heterocycles. The summed E-state index contributed by atoms with van der Waals surface area (Å²) in [5, 5.41) is 0. The predicted molar refractivity (Wildman–Crippen MR) is 56.1 cm³/mol. The standard InChI is InChI=1S/C11H21NO2/c1-3-4-7-10(11(13)14-2)12-8-5-6-9-12/h10H,3-9H2,1-2H3/t10-/m1/s1. The summed E-state index contributed by atoms with van der Waals surface area (Å²) >= 11 is 0. The van der Waals surface area contributed by atoms with E-state index in [1.165, 1.54) is 20.0 Å². The number of rotatable bonds is 5. The van der Waals surface area contributed by atoms with Gasteiger partial charge in [-0.05, 0) is 32.4 Å². The first-order valence-corrected chi connectivity index (χ1v) is 5.61. The monoisotopic (exact) mass is 199 g/mol. The van der Waals surface area contributed by atoms with Gasteiger partial charge in [0, 0.05) is 0 Å². The fraction of sp³-hybridized carbons (Fsp3) is 0.909. The summed E-state index contributed by atoms with van der Waals surface area (Å²) in [5.74, 6) is -0.0552. The molecule has 0 amide bonds. The summed E-state index contributed by atoms with van der Waals surface area (Å²) in [5.41, 5.74) is 0. The third-order valence-electron chi connectivity index (χ3n) is 2.89. The van der Waals surface area contributed by atoms with E-state index < -0.39 is 0 Å². The van der Waals surface area contributed by atoms with Gasteiger partial charge in [0.15, 0.2) is 0 Å². The van der Waals surface area contributed by atoms with Crippen LogP contribution in [0.3, 0.4) is 0 Å². The van der Waals surface area contributed by atoms with Crippen LogP contribution in [0.1, 0.15) is 39.0 Å². The minimum absolute atomic E-state index is 0.0162. The van der Waals surface area contributed by atoms with Crippen LogP contribution in [0.4, 0.5) is 0 Å². The van der Waals surface area contributed by atoms with Crippen LogP contribution in [-0.2, 0) is 9.53 Å². The number of unbranched alkanes of at least 4 members (excludes halogenated alkanes) is 1. The highest BCUT2D eigenvalue weighted by atomic mass is 16.5. The quantitative estimate of drug-likeness (QED) is 0.632. The van der Waals surface area contributed by atoms with E-state index in [0.29, 0.717) is 0 Å². The summed E-state index contributed by atoms with van der Waals surface area (Å²) in [4.78, 5) is 13.8. The topological polar surface area (TPSA) is 29.5 Å². The van der Waals surface area contributed by atoms with E-state index in [4.69, 9.17) is 4.74 Å². The van der Waals surface area contributed by atoms with Crippen LogP contribution in [0.5, 0.6) is 0 Å². The van der Waals surface area contributed by atoms with Gasteiger partial charge < -0.3 is 4.74 Å². The lowest BCUT2D eigenvalue weighted by Gasteiger charge is -2.24. The Labute approximate surface area is 86.4 Å². The number of carbonyl (C=O) groups excluding carboxylic acids is 1. The Hall–Kier alpha value is -0.570. The summed E-state index contributed by atoms with van der Waals surface area (Å²) < 4.78 is 4.84. The molecule has 1 saturated heterocycles. The van der Waals surface area contributed by atoms with Crippen molar-refractivity contribution in [2.75, 3.05) is 20.2 Å². The molecule has 1 fully saturated rings. The molecule has 0 saturated carbocycles. The second kappa shape index (κ2) is 6.02. The van der Waals surface area contributed by atoms with Crippen LogP contribution in [0.15, 0.2) is 0 Å². The number of hydrogen-bond acceptors (Lipinski definition) is 3. The number of methoxy groups -OCH3 is 1. The largest absolute Gasteiger partial charge is 0.468 e. The third kappa shape index (κ3) is 2.98. The summed E-state index contributed by atoms with van der Waals surface area (Å²) in [7, 11) is 1.48. The summed E-state index contributed by atoms with van der Waals surface area (Å²) in [6, 6.07) is 0.0162. The van der Waals surface area contributed by atoms with E-state index in [9.17, 15) is 4.79 Å². The molecule has 3 nitrogen and oxygen atoms in total. The zero-order valence-electron chi connectivity index (χ0n) is 9.29. The number of esters is 1. The summed E-state index contributed by atoms with van der Waals surface area (Å²) in [6.07, 6.45) is 5.64. The third-order valence-corrected chi connectivity index (χ3v) is 2.89. The van der Waals surface area contributed by atoms with Crippen LogP contribution in [0.25, 0.3) is 0 Å². The fourth-order valence-electron chi connectivity index (χ4n) is 2.04. The first-order chi connectivity index (χ1) is 6.79. The van der Waals surface area contributed by atoms with Gasteiger partial charge in [-0.15, -0.1) is 0 Å². The highest BCUT2D eigenvalue weighted by Crippen LogP contribution is 2.17. The Morgan fingerprint density at radius 1 is 1.43 bits per heavy atom. The molecule has 0 aromatic heterocycles. The van der Waals surface area contributed by atoms with Crippen LogP contribution in [0.2, 0.25) is 0 Å². The van der Waals surface area contributed by atoms with Crippen LogP contribution in [0, 0.1) is 0 Å². The first kappa shape index (κ1) is 11.5. The molecule has 0 aromatic rings. The maximum absolute atomic E-state index is 11.5. The average molecular weight is 199 g/mol. The predicted octanol–water partition coefficient (Wildman–Crippen LogP) is 1.81. The lowest BCUT2D eigenvalue weighted by atomic mass is 10.1. The lowest BCUT2D eigenvalue weighted by molar-refractivity contribution is -0.146. The molecule has 0 spiro atoms. The van der Waals surface area contributed by atoms with Crippen molar-refractivity contribution in [3.05, 3.63) is 0 Å². The number of nitrogens with zero attached hydrogens (tertiary/aromatic N) is 1. The van der Waals surface area contributed by atoms with Gasteiger partial charge in [0.05, 0.1) is 7.11 Å². The molecule has 0 bridgehead atoms. The van der Waals surface area contributed by atoms with Gasteiger partial charge in [-0.3, -0.25) is 9.69 Å². The molecule has 0 unspecified atom stereocenters. The van der Waals surface area contributed by atoms with Gasteiger partial charge in [0.2, 0.25) is 0 Å². The SMILES string of the molecule is CCCC[C@H](C(=O)OC)N1CCCC1. The number of ether oxygens (including phenoxy) is 1. The van der Waals surface area contributed by atoms with Crippen molar-refractivity contribution in [2.45, 2.75) is 45.1 Å². The number of carbonyl (C=O) groups is 1. The molecule has 14 heavy (non-hydrogen) atoms. The van der Waals surface area contributed by atoms with Gasteiger partial charge >= 0.3 is 5.97 Å². The first-order valence-electron chi connectivity index (χ1n) is 5.61. The van der Waals surface area contributed by atoms with Crippen molar-refractivity contribution in [2.24, 2.45) is 0 Å². The molecule has 0 aromatic carbocycles.